The largest absolute Gasteiger partial charge is 0.396 e. The van der Waals surface area contributed by atoms with E-state index in [0.717, 1.165) is 6.07 Å². The van der Waals surface area contributed by atoms with Crippen LogP contribution in [0.1, 0.15) is 23.7 Å². The molecule has 5 nitrogen and oxygen atoms in total. The fourth-order valence-electron chi connectivity index (χ4n) is 1.85. The molecule has 2 aromatic rings. The van der Waals surface area contributed by atoms with E-state index in [4.69, 9.17) is 17.3 Å². The second-order valence-corrected chi connectivity index (χ2v) is 4.75. The van der Waals surface area contributed by atoms with E-state index < -0.39 is 11.7 Å². The number of hydrogen-bond donors (Lipinski definition) is 4. The van der Waals surface area contributed by atoms with Crippen molar-refractivity contribution in [3.63, 3.8) is 0 Å². The van der Waals surface area contributed by atoms with Crippen molar-refractivity contribution in [2.45, 2.75) is 19.4 Å². The van der Waals surface area contributed by atoms with Gasteiger partial charge in [-0.15, -0.1) is 0 Å². The molecule has 0 aliphatic heterocycles. The third-order valence-electron chi connectivity index (χ3n) is 2.77. The molecule has 0 radical (unpaired) electrons. The maximum absolute atomic E-state index is 13.5. The summed E-state index contributed by atoms with van der Waals surface area (Å²) in [5.74, 6) is -0.923. The number of amides is 1. The highest BCUT2D eigenvalue weighted by molar-refractivity contribution is 7.71. The predicted octanol–water partition coefficient (Wildman–Crippen LogP) is 1.87. The number of aromatic amines is 2. The average molecular weight is 283 g/mol. The van der Waals surface area contributed by atoms with Crippen LogP contribution in [0.2, 0.25) is 0 Å². The Hall–Kier alpha value is -1.73. The SMILES string of the molecule is CC(CCO)NC(=O)c1cc(F)cc2[nH]c(=S)[nH]c12. The summed E-state index contributed by atoms with van der Waals surface area (Å²) in [7, 11) is 0. The quantitative estimate of drug-likeness (QED) is 0.647. The normalized spacial score (nSPS) is 12.6. The highest BCUT2D eigenvalue weighted by atomic mass is 32.1. The van der Waals surface area contributed by atoms with E-state index >= 15 is 0 Å². The van der Waals surface area contributed by atoms with Crippen molar-refractivity contribution < 1.29 is 14.3 Å². The van der Waals surface area contributed by atoms with Crippen LogP contribution in [0.4, 0.5) is 4.39 Å². The summed E-state index contributed by atoms with van der Waals surface area (Å²) in [5.41, 5.74) is 1.11. The monoisotopic (exact) mass is 283 g/mol. The third-order valence-corrected chi connectivity index (χ3v) is 2.98. The zero-order chi connectivity index (χ0) is 14.0. The van der Waals surface area contributed by atoms with Crippen LogP contribution < -0.4 is 5.32 Å². The number of rotatable bonds is 4. The minimum Gasteiger partial charge on any atom is -0.396 e. The van der Waals surface area contributed by atoms with E-state index in [1.807, 2.05) is 0 Å². The van der Waals surface area contributed by atoms with Crippen LogP contribution >= 0.6 is 12.2 Å². The third kappa shape index (κ3) is 2.99. The Bertz CT molecular complexity index is 665. The van der Waals surface area contributed by atoms with Gasteiger partial charge in [0, 0.05) is 12.6 Å². The second-order valence-electron chi connectivity index (χ2n) is 4.34. The van der Waals surface area contributed by atoms with Gasteiger partial charge in [0.2, 0.25) is 0 Å². The summed E-state index contributed by atoms with van der Waals surface area (Å²) in [6, 6.07) is 2.23. The molecule has 1 amide bonds. The number of aliphatic hydroxyl groups excluding tert-OH is 1. The summed E-state index contributed by atoms with van der Waals surface area (Å²) < 4.78 is 13.8. The maximum atomic E-state index is 13.5. The van der Waals surface area contributed by atoms with E-state index in [1.165, 1.54) is 6.07 Å². The molecule has 0 fully saturated rings. The molecule has 0 saturated heterocycles. The van der Waals surface area contributed by atoms with Crippen molar-refractivity contribution in [2.75, 3.05) is 6.61 Å². The molecule has 0 aliphatic carbocycles. The number of aromatic nitrogens is 2. The fraction of sp³-hybridized carbons (Fsp3) is 0.333. The molecule has 1 aromatic heterocycles. The second kappa shape index (κ2) is 5.50. The molecule has 1 heterocycles. The number of H-pyrrole nitrogens is 2. The van der Waals surface area contributed by atoms with Crippen molar-refractivity contribution in [3.05, 3.63) is 28.3 Å². The van der Waals surface area contributed by atoms with E-state index in [2.05, 4.69) is 15.3 Å². The van der Waals surface area contributed by atoms with Gasteiger partial charge in [-0.1, -0.05) is 0 Å². The first-order valence-corrected chi connectivity index (χ1v) is 6.25. The van der Waals surface area contributed by atoms with Crippen LogP contribution in [-0.4, -0.2) is 33.6 Å². The van der Waals surface area contributed by atoms with Crippen LogP contribution in [0.15, 0.2) is 12.1 Å². The van der Waals surface area contributed by atoms with Gasteiger partial charge in [-0.05, 0) is 37.7 Å². The van der Waals surface area contributed by atoms with Gasteiger partial charge in [-0.2, -0.15) is 0 Å². The molecule has 2 rings (SSSR count). The molecule has 1 aromatic carbocycles. The summed E-state index contributed by atoms with van der Waals surface area (Å²) in [6.45, 7) is 1.75. The van der Waals surface area contributed by atoms with Gasteiger partial charge in [-0.25, -0.2) is 4.39 Å². The lowest BCUT2D eigenvalue weighted by molar-refractivity contribution is 0.0935. The molecular weight excluding hydrogens is 269 g/mol. The molecule has 0 bridgehead atoms. The van der Waals surface area contributed by atoms with E-state index in [9.17, 15) is 9.18 Å². The van der Waals surface area contributed by atoms with Gasteiger partial charge in [0.15, 0.2) is 4.77 Å². The Morgan fingerprint density at radius 3 is 2.95 bits per heavy atom. The van der Waals surface area contributed by atoms with Gasteiger partial charge >= 0.3 is 0 Å². The van der Waals surface area contributed by atoms with Crippen molar-refractivity contribution in [2.24, 2.45) is 0 Å². The van der Waals surface area contributed by atoms with E-state index in [1.54, 1.807) is 6.92 Å². The molecule has 4 N–H and O–H groups in total. The van der Waals surface area contributed by atoms with E-state index in [-0.39, 0.29) is 18.2 Å². The Morgan fingerprint density at radius 2 is 2.26 bits per heavy atom. The fourth-order valence-corrected chi connectivity index (χ4v) is 2.07. The highest BCUT2D eigenvalue weighted by Gasteiger charge is 2.15. The van der Waals surface area contributed by atoms with Crippen molar-refractivity contribution >= 4 is 29.2 Å². The number of fused-ring (bicyclic) bond motifs is 1. The topological polar surface area (TPSA) is 80.9 Å². The van der Waals surface area contributed by atoms with Crippen molar-refractivity contribution in [1.29, 1.82) is 0 Å². The molecule has 0 aliphatic rings. The summed E-state index contributed by atoms with van der Waals surface area (Å²) >= 11 is 4.93. The zero-order valence-electron chi connectivity index (χ0n) is 10.3. The zero-order valence-corrected chi connectivity index (χ0v) is 11.1. The van der Waals surface area contributed by atoms with Gasteiger partial charge in [0.25, 0.3) is 5.91 Å². The maximum Gasteiger partial charge on any atom is 0.253 e. The number of hydrogen-bond acceptors (Lipinski definition) is 3. The Kier molecular flexibility index (Phi) is 3.96. The standard InChI is InChI=1S/C12H14FN3O2S/c1-6(2-3-17)14-11(18)8-4-7(13)5-9-10(8)16-12(19)15-9/h4-6,17H,2-3H2,1H3,(H,14,18)(H2,15,16,19). The summed E-state index contributed by atoms with van der Waals surface area (Å²) in [6.07, 6.45) is 0.438. The Labute approximate surface area is 113 Å². The molecule has 1 unspecified atom stereocenters. The van der Waals surface area contributed by atoms with Gasteiger partial charge in [0.1, 0.15) is 5.82 Å². The molecule has 7 heteroatoms. The number of halogens is 1. The van der Waals surface area contributed by atoms with Gasteiger partial charge in [-0.3, -0.25) is 4.79 Å². The van der Waals surface area contributed by atoms with Crippen molar-refractivity contribution in [1.82, 2.24) is 15.3 Å². The number of imidazole rings is 1. The summed E-state index contributed by atoms with van der Waals surface area (Å²) in [4.78, 5) is 17.7. The molecule has 102 valence electrons. The number of carbonyl (C=O) groups excluding carboxylic acids is 1. The number of nitrogens with one attached hydrogen (secondary N) is 3. The first kappa shape index (κ1) is 13.7. The van der Waals surface area contributed by atoms with Crippen LogP contribution in [-0.2, 0) is 0 Å². The lowest BCUT2D eigenvalue weighted by Crippen LogP contribution is -2.33. The lowest BCUT2D eigenvalue weighted by atomic mass is 10.1. The van der Waals surface area contributed by atoms with Crippen molar-refractivity contribution in [3.8, 4) is 0 Å². The molecule has 0 saturated carbocycles. The Balaban J connectivity index is 2.38. The minimum atomic E-state index is -0.516. The summed E-state index contributed by atoms with van der Waals surface area (Å²) in [5, 5.41) is 11.5. The molecule has 19 heavy (non-hydrogen) atoms. The van der Waals surface area contributed by atoms with E-state index in [0.29, 0.717) is 22.2 Å². The molecule has 1 atom stereocenters. The Morgan fingerprint density at radius 1 is 1.53 bits per heavy atom. The lowest BCUT2D eigenvalue weighted by Gasteiger charge is -2.12. The van der Waals surface area contributed by atoms with Crippen LogP contribution in [0, 0.1) is 10.6 Å². The average Bonchev–Trinajstić information content (AvgIpc) is 2.68. The van der Waals surface area contributed by atoms with Gasteiger partial charge < -0.3 is 20.4 Å². The highest BCUT2D eigenvalue weighted by Crippen LogP contribution is 2.18. The minimum absolute atomic E-state index is 0.0212. The molecule has 0 spiro atoms. The van der Waals surface area contributed by atoms with Crippen LogP contribution in [0.5, 0.6) is 0 Å². The van der Waals surface area contributed by atoms with Gasteiger partial charge in [0.05, 0.1) is 16.6 Å². The van der Waals surface area contributed by atoms with Crippen LogP contribution in [0.3, 0.4) is 0 Å². The predicted molar refractivity (Wildman–Crippen MR) is 72.1 cm³/mol. The number of benzene rings is 1. The molecular formula is C12H14FN3O2S. The first-order chi connectivity index (χ1) is 9.01. The first-order valence-electron chi connectivity index (χ1n) is 5.84. The van der Waals surface area contributed by atoms with Crippen LogP contribution in [0.25, 0.3) is 11.0 Å². The number of carbonyl (C=O) groups is 1. The smallest absolute Gasteiger partial charge is 0.253 e. The number of aliphatic hydroxyl groups is 1.